The Morgan fingerprint density at radius 3 is 2.14 bits per heavy atom. The molecule has 0 radical (unpaired) electrons. The maximum atomic E-state index is 5.25. The van der Waals surface area contributed by atoms with E-state index < -0.39 is 0 Å². The fourth-order valence-corrected chi connectivity index (χ4v) is 9.68. The minimum Gasteiger partial charge on any atom is -0.291 e. The molecule has 43 heavy (non-hydrogen) atoms. The highest BCUT2D eigenvalue weighted by atomic mass is 32.1. The van der Waals surface area contributed by atoms with Crippen LogP contribution in [0.3, 0.4) is 0 Å². The number of nitrogens with zero attached hydrogens (tertiary/aromatic N) is 3. The Bertz CT molecular complexity index is 2960. The van der Waals surface area contributed by atoms with Gasteiger partial charge in [-0.05, 0) is 53.6 Å². The highest BCUT2D eigenvalue weighted by Gasteiger charge is 2.24. The van der Waals surface area contributed by atoms with Gasteiger partial charge >= 0.3 is 0 Å². The Morgan fingerprint density at radius 1 is 0.512 bits per heavy atom. The highest BCUT2D eigenvalue weighted by Crippen LogP contribution is 2.48. The topological polar surface area (TPSA) is 30.2 Å². The smallest absolute Gasteiger partial charge is 0.165 e. The maximum absolute atomic E-state index is 5.25. The fourth-order valence-electron chi connectivity index (χ4n) is 7.29. The molecule has 5 heterocycles. The van der Waals surface area contributed by atoms with Crippen LogP contribution < -0.4 is 0 Å². The third kappa shape index (κ3) is 2.79. The molecule has 198 valence electrons. The maximum Gasteiger partial charge on any atom is 0.165 e. The van der Waals surface area contributed by atoms with Crippen molar-refractivity contribution in [3.63, 3.8) is 0 Å². The molecule has 5 aromatic heterocycles. The van der Waals surface area contributed by atoms with E-state index in [2.05, 4.69) is 108 Å². The van der Waals surface area contributed by atoms with Gasteiger partial charge in [0.1, 0.15) is 5.52 Å². The van der Waals surface area contributed by atoms with Gasteiger partial charge in [-0.2, -0.15) is 0 Å². The Labute approximate surface area is 252 Å². The van der Waals surface area contributed by atoms with E-state index in [0.717, 1.165) is 22.2 Å². The van der Waals surface area contributed by atoms with Gasteiger partial charge < -0.3 is 0 Å². The normalized spacial score (nSPS) is 12.7. The van der Waals surface area contributed by atoms with Crippen molar-refractivity contribution in [2.75, 3.05) is 0 Å². The first-order chi connectivity index (χ1) is 21.3. The molecule has 11 aromatic rings. The molecule has 0 aliphatic heterocycles. The van der Waals surface area contributed by atoms with Crippen molar-refractivity contribution in [1.82, 2.24) is 14.4 Å². The quantitative estimate of drug-likeness (QED) is 0.193. The highest BCUT2D eigenvalue weighted by molar-refractivity contribution is 7.26. The van der Waals surface area contributed by atoms with E-state index in [1.807, 2.05) is 34.8 Å². The van der Waals surface area contributed by atoms with Gasteiger partial charge in [-0.1, -0.05) is 72.8 Å². The summed E-state index contributed by atoms with van der Waals surface area (Å²) >= 11 is 3.75. The molecule has 0 fully saturated rings. The molecule has 0 N–H and O–H groups in total. The van der Waals surface area contributed by atoms with E-state index in [1.165, 1.54) is 78.7 Å². The minimum absolute atomic E-state index is 0.920. The second-order valence-corrected chi connectivity index (χ2v) is 13.5. The van der Waals surface area contributed by atoms with Crippen LogP contribution in [-0.4, -0.2) is 14.4 Å². The molecule has 0 aliphatic carbocycles. The Morgan fingerprint density at radius 2 is 1.26 bits per heavy atom. The summed E-state index contributed by atoms with van der Waals surface area (Å²) in [6.45, 7) is 0. The average Bonchev–Trinajstić information content (AvgIpc) is 3.79. The van der Waals surface area contributed by atoms with Crippen molar-refractivity contribution in [2.24, 2.45) is 0 Å². The number of para-hydroxylation sites is 2. The van der Waals surface area contributed by atoms with Gasteiger partial charge in [0.05, 0.1) is 22.1 Å². The number of benzene rings is 6. The lowest BCUT2D eigenvalue weighted by Gasteiger charge is -2.06. The van der Waals surface area contributed by atoms with Crippen LogP contribution in [0.15, 0.2) is 115 Å². The molecule has 0 bridgehead atoms. The van der Waals surface area contributed by atoms with Crippen LogP contribution >= 0.6 is 22.7 Å². The van der Waals surface area contributed by atoms with Crippen LogP contribution in [0, 0.1) is 0 Å². The lowest BCUT2D eigenvalue weighted by molar-refractivity contribution is 1.28. The molecular weight excluding hydrogens is 563 g/mol. The predicted molar refractivity (Wildman–Crippen MR) is 185 cm³/mol. The first-order valence-electron chi connectivity index (χ1n) is 14.4. The lowest BCUT2D eigenvalue weighted by atomic mass is 9.99. The fraction of sp³-hybridized carbons (Fsp3) is 0. The molecule has 0 unspecified atom stereocenters. The van der Waals surface area contributed by atoms with E-state index in [4.69, 9.17) is 9.97 Å². The minimum atomic E-state index is 0.920. The lowest BCUT2D eigenvalue weighted by Crippen LogP contribution is -1.89. The zero-order chi connectivity index (χ0) is 27.8. The SMILES string of the molecule is c1ccc2nc3c(nc2c1)c1c2c(cc4c5cc(-c6cccc7c6sc6ccccc67)ccc5n3c41)sc1ccccc12. The van der Waals surface area contributed by atoms with E-state index in [1.54, 1.807) is 0 Å². The summed E-state index contributed by atoms with van der Waals surface area (Å²) in [5.74, 6) is 0. The molecular formula is C38H19N3S2. The van der Waals surface area contributed by atoms with Gasteiger partial charge in [-0.25, -0.2) is 9.97 Å². The number of hydrogen-bond acceptors (Lipinski definition) is 4. The summed E-state index contributed by atoms with van der Waals surface area (Å²) < 4.78 is 7.63. The number of rotatable bonds is 1. The number of thiophene rings is 2. The second-order valence-electron chi connectivity index (χ2n) is 11.4. The van der Waals surface area contributed by atoms with Crippen molar-refractivity contribution in [2.45, 2.75) is 0 Å². The van der Waals surface area contributed by atoms with Crippen LogP contribution in [0.1, 0.15) is 0 Å². The number of hydrogen-bond donors (Lipinski definition) is 0. The summed E-state index contributed by atoms with van der Waals surface area (Å²) in [5.41, 5.74) is 8.68. The van der Waals surface area contributed by atoms with E-state index >= 15 is 0 Å². The molecule has 3 nitrogen and oxygen atoms in total. The molecule has 0 atom stereocenters. The molecule has 0 amide bonds. The van der Waals surface area contributed by atoms with E-state index in [-0.39, 0.29) is 0 Å². The summed E-state index contributed by atoms with van der Waals surface area (Å²) in [5, 5.41) is 8.96. The summed E-state index contributed by atoms with van der Waals surface area (Å²) in [6, 6.07) is 41.8. The summed E-state index contributed by atoms with van der Waals surface area (Å²) in [4.78, 5) is 10.5. The summed E-state index contributed by atoms with van der Waals surface area (Å²) in [7, 11) is 0. The van der Waals surface area contributed by atoms with Gasteiger partial charge in [-0.15, -0.1) is 22.7 Å². The molecule has 0 spiro atoms. The third-order valence-corrected chi connectivity index (χ3v) is 11.4. The third-order valence-electron chi connectivity index (χ3n) is 9.11. The standard InChI is InChI=1S/C38H19N3S2/c1-5-14-30-22(8-1)23-11-7-10-21(37(23)43-30)20-16-17-29-25(18-20)26-19-32-33(24-9-2-6-15-31(24)42-32)34-35-38(41(29)36(26)34)40-28-13-4-3-12-27(28)39-35/h1-19H. The zero-order valence-corrected chi connectivity index (χ0v) is 24.3. The molecule has 6 aromatic carbocycles. The van der Waals surface area contributed by atoms with Gasteiger partial charge in [0.25, 0.3) is 0 Å². The first-order valence-corrected chi connectivity index (χ1v) is 16.1. The predicted octanol–water partition coefficient (Wildman–Crippen LogP) is 11.2. The monoisotopic (exact) mass is 581 g/mol. The average molecular weight is 582 g/mol. The molecule has 5 heteroatoms. The van der Waals surface area contributed by atoms with Gasteiger partial charge in [-0.3, -0.25) is 4.40 Å². The van der Waals surface area contributed by atoms with Crippen LogP contribution in [-0.2, 0) is 0 Å². The molecule has 0 saturated carbocycles. The molecule has 0 aliphatic rings. The van der Waals surface area contributed by atoms with Crippen molar-refractivity contribution < 1.29 is 0 Å². The van der Waals surface area contributed by atoms with Crippen LogP contribution in [0.2, 0.25) is 0 Å². The first kappa shape index (κ1) is 22.5. The van der Waals surface area contributed by atoms with Crippen molar-refractivity contribution in [3.05, 3.63) is 115 Å². The Hall–Kier alpha value is -5.10. The zero-order valence-electron chi connectivity index (χ0n) is 22.6. The number of aromatic nitrogens is 3. The molecule has 11 rings (SSSR count). The van der Waals surface area contributed by atoms with Crippen molar-refractivity contribution >= 4 is 112 Å². The van der Waals surface area contributed by atoms with Crippen LogP contribution in [0.4, 0.5) is 0 Å². The Balaban J connectivity index is 1.32. The van der Waals surface area contributed by atoms with E-state index in [9.17, 15) is 0 Å². The van der Waals surface area contributed by atoms with Gasteiger partial charge in [0.15, 0.2) is 5.65 Å². The van der Waals surface area contributed by atoms with Gasteiger partial charge in [0, 0.05) is 56.5 Å². The largest absolute Gasteiger partial charge is 0.291 e. The van der Waals surface area contributed by atoms with Crippen LogP contribution in [0.25, 0.3) is 101 Å². The second kappa shape index (κ2) is 7.84. The Kier molecular flexibility index (Phi) is 4.10. The van der Waals surface area contributed by atoms with Gasteiger partial charge in [0.2, 0.25) is 0 Å². The van der Waals surface area contributed by atoms with E-state index in [0.29, 0.717) is 0 Å². The van der Waals surface area contributed by atoms with Crippen molar-refractivity contribution in [3.8, 4) is 11.1 Å². The van der Waals surface area contributed by atoms with Crippen LogP contribution in [0.5, 0.6) is 0 Å². The number of fused-ring (bicyclic) bond motifs is 14. The molecule has 0 saturated heterocycles. The van der Waals surface area contributed by atoms with Crippen molar-refractivity contribution in [1.29, 1.82) is 0 Å². The summed E-state index contributed by atoms with van der Waals surface area (Å²) in [6.07, 6.45) is 0.